The van der Waals surface area contributed by atoms with E-state index in [1.54, 1.807) is 0 Å². The number of halogens is 1. The average molecular weight is 302 g/mol. The molecule has 0 unspecified atom stereocenters. The minimum atomic E-state index is 0.956. The number of rotatable bonds is 1. The van der Waals surface area contributed by atoms with Crippen LogP contribution in [0.25, 0.3) is 4.96 Å². The van der Waals surface area contributed by atoms with E-state index in [2.05, 4.69) is 39.9 Å². The van der Waals surface area contributed by atoms with Crippen molar-refractivity contribution in [3.8, 4) is 0 Å². The topological polar surface area (TPSA) is 45.5 Å². The van der Waals surface area contributed by atoms with Crippen molar-refractivity contribution in [2.24, 2.45) is 0 Å². The molecule has 0 atom stereocenters. The van der Waals surface area contributed by atoms with Gasteiger partial charge in [-0.3, -0.25) is 0 Å². The Labute approximate surface area is 106 Å². The second-order valence-electron chi connectivity index (χ2n) is 3.83. The van der Waals surface area contributed by atoms with Crippen LogP contribution in [-0.2, 0) is 0 Å². The van der Waals surface area contributed by atoms with Crippen molar-refractivity contribution in [2.45, 2.75) is 6.92 Å². The molecule has 0 radical (unpaired) electrons. The Hall–Kier alpha value is -0.660. The third kappa shape index (κ3) is 1.54. The zero-order valence-corrected chi connectivity index (χ0v) is 11.3. The van der Waals surface area contributed by atoms with Gasteiger partial charge in [-0.1, -0.05) is 0 Å². The van der Waals surface area contributed by atoms with Gasteiger partial charge in [0.1, 0.15) is 4.60 Å². The predicted molar refractivity (Wildman–Crippen MR) is 68.4 cm³/mol. The molecule has 16 heavy (non-hydrogen) atoms. The lowest BCUT2D eigenvalue weighted by Crippen LogP contribution is -2.44. The van der Waals surface area contributed by atoms with Crippen LogP contribution >= 0.6 is 27.5 Å². The molecule has 0 aromatic carbocycles. The fourth-order valence-electron chi connectivity index (χ4n) is 1.91. The maximum atomic E-state index is 4.49. The number of hydrogen-bond acceptors (Lipinski definition) is 5. The number of fused-ring (bicyclic) bond motifs is 1. The van der Waals surface area contributed by atoms with Gasteiger partial charge in [0.2, 0.25) is 10.9 Å². The number of hydrogen-bond donors (Lipinski definition) is 1. The molecule has 0 spiro atoms. The largest absolute Gasteiger partial charge is 0.339 e. The van der Waals surface area contributed by atoms with Crippen molar-refractivity contribution in [3.05, 3.63) is 10.3 Å². The van der Waals surface area contributed by atoms with Crippen molar-refractivity contribution in [1.29, 1.82) is 0 Å². The summed E-state index contributed by atoms with van der Waals surface area (Å²) in [5, 5.41) is 3.34. The fraction of sp³-hybridized carbons (Fsp3) is 0.556. The van der Waals surface area contributed by atoms with Gasteiger partial charge in [-0.2, -0.15) is 4.37 Å². The van der Waals surface area contributed by atoms with Gasteiger partial charge in [0.05, 0.1) is 5.69 Å². The third-order valence-electron chi connectivity index (χ3n) is 2.76. The molecule has 0 aliphatic carbocycles. The highest BCUT2D eigenvalue weighted by molar-refractivity contribution is 9.10. The molecule has 86 valence electrons. The molecule has 1 aliphatic rings. The summed E-state index contributed by atoms with van der Waals surface area (Å²) in [5.74, 6) is 1.01. The number of nitrogens with one attached hydrogen (secondary N) is 1. The summed E-state index contributed by atoms with van der Waals surface area (Å²) in [7, 11) is 0. The monoisotopic (exact) mass is 301 g/mol. The van der Waals surface area contributed by atoms with Crippen molar-refractivity contribution in [1.82, 2.24) is 19.1 Å². The Kier molecular flexibility index (Phi) is 2.61. The van der Waals surface area contributed by atoms with E-state index in [-0.39, 0.29) is 0 Å². The van der Waals surface area contributed by atoms with Gasteiger partial charge >= 0.3 is 0 Å². The van der Waals surface area contributed by atoms with E-state index >= 15 is 0 Å². The Bertz CT molecular complexity index is 513. The number of nitrogens with zero attached hydrogens (tertiary/aromatic N) is 4. The average Bonchev–Trinajstić information content (AvgIpc) is 2.83. The first-order chi connectivity index (χ1) is 7.77. The smallest absolute Gasteiger partial charge is 0.224 e. The maximum Gasteiger partial charge on any atom is 0.224 e. The number of aromatic nitrogens is 3. The Morgan fingerprint density at radius 2 is 2.12 bits per heavy atom. The summed E-state index contributed by atoms with van der Waals surface area (Å²) in [6, 6.07) is 0. The highest BCUT2D eigenvalue weighted by atomic mass is 79.9. The van der Waals surface area contributed by atoms with E-state index < -0.39 is 0 Å². The Morgan fingerprint density at radius 3 is 2.88 bits per heavy atom. The molecule has 3 rings (SSSR count). The molecule has 5 nitrogen and oxygen atoms in total. The first kappa shape index (κ1) is 10.5. The molecule has 7 heteroatoms. The number of imidazole rings is 1. The van der Waals surface area contributed by atoms with Crippen molar-refractivity contribution in [2.75, 3.05) is 31.1 Å². The zero-order valence-electron chi connectivity index (χ0n) is 8.90. The Balaban J connectivity index is 2.08. The van der Waals surface area contributed by atoms with Crippen LogP contribution in [0.5, 0.6) is 0 Å². The second kappa shape index (κ2) is 3.97. The van der Waals surface area contributed by atoms with E-state index in [0.717, 1.165) is 47.4 Å². The van der Waals surface area contributed by atoms with E-state index in [1.165, 1.54) is 11.5 Å². The molecule has 1 fully saturated rings. The molecule has 0 amide bonds. The molecular formula is C9H12BrN5S. The van der Waals surface area contributed by atoms with E-state index in [0.29, 0.717) is 0 Å². The van der Waals surface area contributed by atoms with Gasteiger partial charge in [0, 0.05) is 37.7 Å². The van der Waals surface area contributed by atoms with Crippen LogP contribution < -0.4 is 10.2 Å². The number of aryl methyl sites for hydroxylation is 1. The minimum absolute atomic E-state index is 0.956. The Morgan fingerprint density at radius 1 is 1.38 bits per heavy atom. The second-order valence-corrected chi connectivity index (χ2v) is 5.31. The van der Waals surface area contributed by atoms with Gasteiger partial charge in [-0.05, 0) is 22.9 Å². The van der Waals surface area contributed by atoms with Gasteiger partial charge in [0.15, 0.2) is 0 Å². The molecule has 0 bridgehead atoms. The quantitative estimate of drug-likeness (QED) is 0.862. The molecular weight excluding hydrogens is 290 g/mol. The molecule has 1 N–H and O–H groups in total. The lowest BCUT2D eigenvalue weighted by molar-refractivity contribution is 0.579. The third-order valence-corrected chi connectivity index (χ3v) is 4.38. The standard InChI is InChI=1S/C9H12BrN5S/c1-6-7(10)15-8(13-16-9(15)12-6)14-4-2-11-3-5-14/h11H,2-5H2,1H3. The maximum absolute atomic E-state index is 4.49. The first-order valence-electron chi connectivity index (χ1n) is 5.23. The fourth-order valence-corrected chi connectivity index (χ4v) is 3.23. The van der Waals surface area contributed by atoms with Crippen LogP contribution in [0.1, 0.15) is 5.69 Å². The molecule has 1 aliphatic heterocycles. The van der Waals surface area contributed by atoms with Crippen LogP contribution in [0.4, 0.5) is 5.95 Å². The highest BCUT2D eigenvalue weighted by Gasteiger charge is 2.19. The van der Waals surface area contributed by atoms with Crippen LogP contribution in [-0.4, -0.2) is 39.9 Å². The molecule has 1 saturated heterocycles. The van der Waals surface area contributed by atoms with Crippen molar-refractivity contribution in [3.63, 3.8) is 0 Å². The molecule has 0 saturated carbocycles. The summed E-state index contributed by atoms with van der Waals surface area (Å²) in [6.07, 6.45) is 0. The number of anilines is 1. The van der Waals surface area contributed by atoms with Crippen molar-refractivity contribution >= 4 is 38.4 Å². The van der Waals surface area contributed by atoms with Crippen LogP contribution in [0.2, 0.25) is 0 Å². The lowest BCUT2D eigenvalue weighted by Gasteiger charge is -2.27. The summed E-state index contributed by atoms with van der Waals surface area (Å²) < 4.78 is 7.60. The predicted octanol–water partition coefficient (Wildman–Crippen LogP) is 1.27. The van der Waals surface area contributed by atoms with E-state index in [4.69, 9.17) is 0 Å². The normalized spacial score (nSPS) is 17.2. The van der Waals surface area contributed by atoms with E-state index in [9.17, 15) is 0 Å². The number of piperazine rings is 1. The van der Waals surface area contributed by atoms with Crippen molar-refractivity contribution < 1.29 is 0 Å². The minimum Gasteiger partial charge on any atom is -0.339 e. The van der Waals surface area contributed by atoms with Crippen LogP contribution in [0.15, 0.2) is 4.60 Å². The molecule has 2 aromatic heterocycles. The van der Waals surface area contributed by atoms with Gasteiger partial charge < -0.3 is 10.2 Å². The lowest BCUT2D eigenvalue weighted by atomic mass is 10.4. The van der Waals surface area contributed by atoms with Crippen LogP contribution in [0, 0.1) is 6.92 Å². The zero-order chi connectivity index (χ0) is 11.1. The van der Waals surface area contributed by atoms with Gasteiger partial charge in [-0.25, -0.2) is 9.38 Å². The molecule has 2 aromatic rings. The SMILES string of the molecule is Cc1nc2snc(N3CCNCC3)n2c1Br. The summed E-state index contributed by atoms with van der Waals surface area (Å²) >= 11 is 5.02. The van der Waals surface area contributed by atoms with Crippen LogP contribution in [0.3, 0.4) is 0 Å². The summed E-state index contributed by atoms with van der Waals surface area (Å²) in [4.78, 5) is 7.71. The summed E-state index contributed by atoms with van der Waals surface area (Å²) in [6.45, 7) is 6.05. The molecule has 3 heterocycles. The first-order valence-corrected chi connectivity index (χ1v) is 6.80. The summed E-state index contributed by atoms with van der Waals surface area (Å²) in [5.41, 5.74) is 1.02. The van der Waals surface area contributed by atoms with Gasteiger partial charge in [-0.15, -0.1) is 0 Å². The highest BCUT2D eigenvalue weighted by Crippen LogP contribution is 2.27. The van der Waals surface area contributed by atoms with E-state index in [1.807, 2.05) is 6.92 Å². The van der Waals surface area contributed by atoms with Gasteiger partial charge in [0.25, 0.3) is 0 Å².